The minimum Gasteiger partial charge on any atom is -0.342 e. The van der Waals surface area contributed by atoms with Crippen molar-refractivity contribution in [3.63, 3.8) is 0 Å². The largest absolute Gasteiger partial charge is 0.342 e. The fraction of sp³-hybridized carbons (Fsp3) is 0.632. The highest BCUT2D eigenvalue weighted by molar-refractivity contribution is 6.30. The summed E-state index contributed by atoms with van der Waals surface area (Å²) in [5.41, 5.74) is 1.01. The molecule has 0 spiro atoms. The summed E-state index contributed by atoms with van der Waals surface area (Å²) in [6, 6.07) is 8.32. The van der Waals surface area contributed by atoms with Crippen molar-refractivity contribution in [3.8, 4) is 0 Å². The van der Waals surface area contributed by atoms with Gasteiger partial charge in [0.1, 0.15) is 0 Å². The van der Waals surface area contributed by atoms with Crippen LogP contribution in [0.2, 0.25) is 5.02 Å². The molecule has 0 atom stereocenters. The molecule has 0 aromatic heterocycles. The lowest BCUT2D eigenvalue weighted by atomic mass is 10.0. The lowest BCUT2D eigenvalue weighted by Gasteiger charge is -2.38. The minimum absolute atomic E-state index is 0.238. The predicted octanol–water partition coefficient (Wildman–Crippen LogP) is 3.75. The summed E-state index contributed by atoms with van der Waals surface area (Å²) in [5.74, 6) is 0.238. The number of carbonyl (C=O) groups excluding carboxylic acids is 1. The van der Waals surface area contributed by atoms with Crippen LogP contribution in [0.15, 0.2) is 24.3 Å². The number of nitrogens with zero attached hydrogens (tertiary/aromatic N) is 2. The first-order chi connectivity index (χ1) is 11.2. The summed E-state index contributed by atoms with van der Waals surface area (Å²) in [4.78, 5) is 17.2. The number of halogens is 1. The van der Waals surface area contributed by atoms with E-state index >= 15 is 0 Å². The van der Waals surface area contributed by atoms with E-state index in [-0.39, 0.29) is 5.91 Å². The molecule has 1 amide bonds. The van der Waals surface area contributed by atoms with Gasteiger partial charge in [0.05, 0.1) is 6.42 Å². The van der Waals surface area contributed by atoms with Crippen LogP contribution < -0.4 is 0 Å². The maximum absolute atomic E-state index is 12.5. The van der Waals surface area contributed by atoms with E-state index in [0.29, 0.717) is 17.5 Å². The van der Waals surface area contributed by atoms with E-state index in [1.807, 2.05) is 29.2 Å². The van der Waals surface area contributed by atoms with Gasteiger partial charge in [-0.3, -0.25) is 4.79 Å². The summed E-state index contributed by atoms with van der Waals surface area (Å²) in [7, 11) is 0. The number of benzene rings is 1. The van der Waals surface area contributed by atoms with Crippen molar-refractivity contribution in [3.05, 3.63) is 34.9 Å². The molecule has 0 unspecified atom stereocenters. The molecule has 0 saturated carbocycles. The predicted molar refractivity (Wildman–Crippen MR) is 94.8 cm³/mol. The van der Waals surface area contributed by atoms with E-state index in [4.69, 9.17) is 11.6 Å². The van der Waals surface area contributed by atoms with Crippen molar-refractivity contribution in [2.45, 2.75) is 51.0 Å². The third-order valence-electron chi connectivity index (χ3n) is 5.22. The van der Waals surface area contributed by atoms with E-state index in [0.717, 1.165) is 31.5 Å². The van der Waals surface area contributed by atoms with Crippen LogP contribution in [-0.4, -0.2) is 47.9 Å². The van der Waals surface area contributed by atoms with Gasteiger partial charge in [-0.2, -0.15) is 0 Å². The molecule has 2 aliphatic heterocycles. The van der Waals surface area contributed by atoms with Gasteiger partial charge in [-0.25, -0.2) is 0 Å². The Balaban J connectivity index is 1.49. The smallest absolute Gasteiger partial charge is 0.226 e. The van der Waals surface area contributed by atoms with Crippen LogP contribution in [-0.2, 0) is 11.2 Å². The van der Waals surface area contributed by atoms with Crippen molar-refractivity contribution in [2.75, 3.05) is 26.2 Å². The van der Waals surface area contributed by atoms with Gasteiger partial charge in [0.25, 0.3) is 0 Å². The topological polar surface area (TPSA) is 23.6 Å². The summed E-state index contributed by atoms with van der Waals surface area (Å²) < 4.78 is 0. The lowest BCUT2D eigenvalue weighted by molar-refractivity contribution is -0.132. The first-order valence-electron chi connectivity index (χ1n) is 8.98. The van der Waals surface area contributed by atoms with E-state index in [2.05, 4.69) is 4.90 Å². The van der Waals surface area contributed by atoms with E-state index in [1.165, 1.54) is 38.8 Å². The van der Waals surface area contributed by atoms with Crippen molar-refractivity contribution in [1.29, 1.82) is 0 Å². The average molecular weight is 335 g/mol. The van der Waals surface area contributed by atoms with Crippen LogP contribution >= 0.6 is 11.6 Å². The molecule has 3 rings (SSSR count). The van der Waals surface area contributed by atoms with Crippen LogP contribution in [0.3, 0.4) is 0 Å². The zero-order valence-corrected chi connectivity index (χ0v) is 14.6. The summed E-state index contributed by atoms with van der Waals surface area (Å²) in [6.45, 7) is 4.31. The molecule has 2 heterocycles. The monoisotopic (exact) mass is 334 g/mol. The maximum atomic E-state index is 12.5. The third-order valence-corrected chi connectivity index (χ3v) is 5.45. The van der Waals surface area contributed by atoms with Gasteiger partial charge in [-0.05, 0) is 56.5 Å². The molecule has 0 aliphatic carbocycles. The fourth-order valence-electron chi connectivity index (χ4n) is 3.87. The summed E-state index contributed by atoms with van der Waals surface area (Å²) in [6.07, 6.45) is 8.17. The third kappa shape index (κ3) is 4.71. The van der Waals surface area contributed by atoms with E-state index in [1.54, 1.807) is 0 Å². The fourth-order valence-corrected chi connectivity index (χ4v) is 4.09. The second kappa shape index (κ2) is 8.16. The maximum Gasteiger partial charge on any atom is 0.226 e. The standard InChI is InChI=1S/C19H27ClN2O/c20-17-7-5-6-16(14-17)15-19(23)22-12-8-18(9-13-22)21-10-3-1-2-4-11-21/h5-7,14,18H,1-4,8-13,15H2. The number of likely N-dealkylation sites (tertiary alicyclic amines) is 2. The van der Waals surface area contributed by atoms with Crippen molar-refractivity contribution in [1.82, 2.24) is 9.80 Å². The Morgan fingerprint density at radius 1 is 1.04 bits per heavy atom. The highest BCUT2D eigenvalue weighted by Crippen LogP contribution is 2.21. The molecule has 126 valence electrons. The molecule has 0 bridgehead atoms. The molecule has 0 radical (unpaired) electrons. The van der Waals surface area contributed by atoms with Crippen LogP contribution in [0.1, 0.15) is 44.1 Å². The minimum atomic E-state index is 0.238. The zero-order chi connectivity index (χ0) is 16.1. The Morgan fingerprint density at radius 2 is 1.74 bits per heavy atom. The molecule has 0 N–H and O–H groups in total. The van der Waals surface area contributed by atoms with Crippen molar-refractivity contribution in [2.24, 2.45) is 0 Å². The van der Waals surface area contributed by atoms with E-state index < -0.39 is 0 Å². The highest BCUT2D eigenvalue weighted by Gasteiger charge is 2.27. The number of piperidine rings is 1. The van der Waals surface area contributed by atoms with Gasteiger partial charge in [0.2, 0.25) is 5.91 Å². The van der Waals surface area contributed by atoms with Crippen LogP contribution in [0, 0.1) is 0 Å². The molecule has 2 aliphatic rings. The molecule has 3 nitrogen and oxygen atoms in total. The average Bonchev–Trinajstić information content (AvgIpc) is 2.84. The number of rotatable bonds is 3. The first kappa shape index (κ1) is 16.8. The Bertz CT molecular complexity index is 518. The van der Waals surface area contributed by atoms with Gasteiger partial charge < -0.3 is 9.80 Å². The second-order valence-electron chi connectivity index (χ2n) is 6.87. The number of hydrogen-bond donors (Lipinski definition) is 0. The second-order valence-corrected chi connectivity index (χ2v) is 7.31. The van der Waals surface area contributed by atoms with Crippen LogP contribution in [0.25, 0.3) is 0 Å². The number of amides is 1. The Morgan fingerprint density at radius 3 is 2.39 bits per heavy atom. The molecule has 23 heavy (non-hydrogen) atoms. The quantitative estimate of drug-likeness (QED) is 0.840. The first-order valence-corrected chi connectivity index (χ1v) is 9.36. The Labute approximate surface area is 144 Å². The van der Waals surface area contributed by atoms with Gasteiger partial charge in [0.15, 0.2) is 0 Å². The molecular formula is C19H27ClN2O. The van der Waals surface area contributed by atoms with Crippen LogP contribution in [0.4, 0.5) is 0 Å². The lowest BCUT2D eigenvalue weighted by Crippen LogP contribution is -2.47. The van der Waals surface area contributed by atoms with Gasteiger partial charge in [0, 0.05) is 24.2 Å². The van der Waals surface area contributed by atoms with E-state index in [9.17, 15) is 4.79 Å². The Kier molecular flexibility index (Phi) is 5.96. The van der Waals surface area contributed by atoms with Gasteiger partial charge in [-0.1, -0.05) is 36.6 Å². The molecule has 4 heteroatoms. The number of carbonyl (C=O) groups is 1. The zero-order valence-electron chi connectivity index (χ0n) is 13.8. The van der Waals surface area contributed by atoms with Crippen molar-refractivity contribution >= 4 is 17.5 Å². The summed E-state index contributed by atoms with van der Waals surface area (Å²) in [5, 5.41) is 0.704. The molecule has 2 fully saturated rings. The van der Waals surface area contributed by atoms with Crippen LogP contribution in [0.5, 0.6) is 0 Å². The highest BCUT2D eigenvalue weighted by atomic mass is 35.5. The summed E-state index contributed by atoms with van der Waals surface area (Å²) >= 11 is 6.00. The van der Waals surface area contributed by atoms with Gasteiger partial charge in [-0.15, -0.1) is 0 Å². The van der Waals surface area contributed by atoms with Gasteiger partial charge >= 0.3 is 0 Å². The molecule has 1 aromatic rings. The van der Waals surface area contributed by atoms with Crippen molar-refractivity contribution < 1.29 is 4.79 Å². The number of hydrogen-bond acceptors (Lipinski definition) is 2. The molecular weight excluding hydrogens is 308 g/mol. The Hall–Kier alpha value is -1.06. The SMILES string of the molecule is O=C(Cc1cccc(Cl)c1)N1CCC(N2CCCCCC2)CC1. The molecule has 1 aromatic carbocycles. The molecule has 2 saturated heterocycles. The normalized spacial score (nSPS) is 21.2.